The van der Waals surface area contributed by atoms with Crippen molar-refractivity contribution < 1.29 is 9.32 Å². The van der Waals surface area contributed by atoms with Gasteiger partial charge in [-0.05, 0) is 51.2 Å². The highest BCUT2D eigenvalue weighted by molar-refractivity contribution is 5.89. The van der Waals surface area contributed by atoms with Crippen LogP contribution >= 0.6 is 0 Å². The second-order valence-electron chi connectivity index (χ2n) is 6.93. The molecular weight excluding hydrogens is 330 g/mol. The van der Waals surface area contributed by atoms with E-state index in [1.54, 1.807) is 0 Å². The van der Waals surface area contributed by atoms with E-state index in [4.69, 9.17) is 4.52 Å². The molecule has 7 heteroatoms. The molecule has 1 N–H and O–H groups in total. The summed E-state index contributed by atoms with van der Waals surface area (Å²) in [6, 6.07) is 8.15. The molecule has 0 atom stereocenters. The highest BCUT2D eigenvalue weighted by Crippen LogP contribution is 2.23. The highest BCUT2D eigenvalue weighted by atomic mass is 16.5. The van der Waals surface area contributed by atoms with E-state index in [9.17, 15) is 4.79 Å². The molecule has 0 aliphatic carbocycles. The van der Waals surface area contributed by atoms with Gasteiger partial charge in [-0.2, -0.15) is 4.98 Å². The van der Waals surface area contributed by atoms with Crippen LogP contribution in [0.5, 0.6) is 0 Å². The molecule has 7 nitrogen and oxygen atoms in total. The Hall–Kier alpha value is -2.41. The van der Waals surface area contributed by atoms with E-state index in [2.05, 4.69) is 32.5 Å². The minimum atomic E-state index is -0.341. The van der Waals surface area contributed by atoms with Gasteiger partial charge < -0.3 is 19.6 Å². The molecular formula is C19H27N5O2. The fourth-order valence-electron chi connectivity index (χ4n) is 3.05. The Labute approximate surface area is 154 Å². The second-order valence-corrected chi connectivity index (χ2v) is 6.93. The predicted octanol–water partition coefficient (Wildman–Crippen LogP) is 2.41. The van der Waals surface area contributed by atoms with Crippen LogP contribution in [0.4, 0.5) is 5.69 Å². The molecule has 140 valence electrons. The van der Waals surface area contributed by atoms with Gasteiger partial charge in [0.25, 0.3) is 0 Å². The van der Waals surface area contributed by atoms with E-state index in [-0.39, 0.29) is 11.8 Å². The lowest BCUT2D eigenvalue weighted by Gasteiger charge is -2.22. The third kappa shape index (κ3) is 4.82. The fourth-order valence-corrected chi connectivity index (χ4v) is 3.05. The molecule has 2 aromatic rings. The largest absolute Gasteiger partial charge is 0.372 e. The molecule has 1 amide bonds. The number of nitrogens with one attached hydrogen (secondary N) is 1. The van der Waals surface area contributed by atoms with Crippen molar-refractivity contribution in [1.82, 2.24) is 20.4 Å². The SMILES string of the molecule is CN(C)CCNC(=O)c1nc(-c2ccc(N3CCCCCC3)cc2)no1. The van der Waals surface area contributed by atoms with Crippen molar-refractivity contribution in [3.63, 3.8) is 0 Å². The lowest BCUT2D eigenvalue weighted by atomic mass is 10.2. The molecule has 0 saturated carbocycles. The van der Waals surface area contributed by atoms with Crippen LogP contribution in [0.15, 0.2) is 28.8 Å². The van der Waals surface area contributed by atoms with Crippen molar-refractivity contribution in [2.24, 2.45) is 0 Å². The van der Waals surface area contributed by atoms with E-state index >= 15 is 0 Å². The van der Waals surface area contributed by atoms with E-state index in [1.807, 2.05) is 31.1 Å². The molecule has 0 bridgehead atoms. The number of carbonyl (C=O) groups is 1. The summed E-state index contributed by atoms with van der Waals surface area (Å²) >= 11 is 0. The number of aromatic nitrogens is 2. The van der Waals surface area contributed by atoms with Gasteiger partial charge in [-0.15, -0.1) is 0 Å². The number of anilines is 1. The summed E-state index contributed by atoms with van der Waals surface area (Å²) in [6.07, 6.45) is 5.13. The molecule has 1 fully saturated rings. The quantitative estimate of drug-likeness (QED) is 0.856. The summed E-state index contributed by atoms with van der Waals surface area (Å²) in [5.74, 6) is 0.0901. The molecule has 1 aromatic carbocycles. The Kier molecular flexibility index (Phi) is 6.22. The second kappa shape index (κ2) is 8.80. The first-order chi connectivity index (χ1) is 12.6. The molecule has 1 aromatic heterocycles. The molecule has 26 heavy (non-hydrogen) atoms. The van der Waals surface area contributed by atoms with Crippen LogP contribution in [0.3, 0.4) is 0 Å². The van der Waals surface area contributed by atoms with Crippen molar-refractivity contribution in [3.05, 3.63) is 30.2 Å². The molecule has 0 radical (unpaired) electrons. The lowest BCUT2D eigenvalue weighted by molar-refractivity contribution is 0.0907. The van der Waals surface area contributed by atoms with E-state index in [0.29, 0.717) is 12.4 Å². The van der Waals surface area contributed by atoms with Gasteiger partial charge in [-0.1, -0.05) is 18.0 Å². The van der Waals surface area contributed by atoms with Crippen LogP contribution in [0, 0.1) is 0 Å². The van der Waals surface area contributed by atoms with Crippen molar-refractivity contribution in [2.45, 2.75) is 25.7 Å². The van der Waals surface area contributed by atoms with Crippen molar-refractivity contribution in [1.29, 1.82) is 0 Å². The lowest BCUT2D eigenvalue weighted by Crippen LogP contribution is -2.31. The van der Waals surface area contributed by atoms with Crippen LogP contribution in [0.1, 0.15) is 36.4 Å². The highest BCUT2D eigenvalue weighted by Gasteiger charge is 2.16. The molecule has 1 aliphatic heterocycles. The average molecular weight is 357 g/mol. The van der Waals surface area contributed by atoms with Gasteiger partial charge in [-0.3, -0.25) is 4.79 Å². The number of carbonyl (C=O) groups excluding carboxylic acids is 1. The number of hydrogen-bond donors (Lipinski definition) is 1. The third-order valence-corrected chi connectivity index (χ3v) is 4.56. The summed E-state index contributed by atoms with van der Waals surface area (Å²) in [6.45, 7) is 3.51. The number of amides is 1. The summed E-state index contributed by atoms with van der Waals surface area (Å²) in [4.78, 5) is 20.7. The minimum absolute atomic E-state index is 0.00430. The summed E-state index contributed by atoms with van der Waals surface area (Å²) in [5.41, 5.74) is 2.07. The van der Waals surface area contributed by atoms with Crippen LogP contribution < -0.4 is 10.2 Å². The van der Waals surface area contributed by atoms with Gasteiger partial charge in [0.15, 0.2) is 0 Å². The fraction of sp³-hybridized carbons (Fsp3) is 0.526. The number of benzene rings is 1. The first kappa shape index (κ1) is 18.4. The van der Waals surface area contributed by atoms with Crippen molar-refractivity contribution >= 4 is 11.6 Å². The first-order valence-electron chi connectivity index (χ1n) is 9.25. The summed E-state index contributed by atoms with van der Waals surface area (Å²) in [7, 11) is 3.90. The van der Waals surface area contributed by atoms with Crippen LogP contribution in [-0.4, -0.2) is 61.2 Å². The Balaban J connectivity index is 1.62. The zero-order valence-corrected chi connectivity index (χ0v) is 15.6. The predicted molar refractivity (Wildman–Crippen MR) is 101 cm³/mol. The Morgan fingerprint density at radius 2 is 1.85 bits per heavy atom. The zero-order valence-electron chi connectivity index (χ0n) is 15.6. The van der Waals surface area contributed by atoms with Crippen molar-refractivity contribution in [2.75, 3.05) is 45.2 Å². The first-order valence-corrected chi connectivity index (χ1v) is 9.25. The molecule has 0 unspecified atom stereocenters. The zero-order chi connectivity index (χ0) is 18.4. The van der Waals surface area contributed by atoms with Gasteiger partial charge in [0.05, 0.1) is 0 Å². The van der Waals surface area contributed by atoms with E-state index in [0.717, 1.165) is 25.2 Å². The Bertz CT molecular complexity index is 703. The number of hydrogen-bond acceptors (Lipinski definition) is 6. The number of nitrogens with zero attached hydrogens (tertiary/aromatic N) is 4. The minimum Gasteiger partial charge on any atom is -0.372 e. The monoisotopic (exact) mass is 357 g/mol. The van der Waals surface area contributed by atoms with Crippen LogP contribution in [-0.2, 0) is 0 Å². The van der Waals surface area contributed by atoms with Gasteiger partial charge >= 0.3 is 11.8 Å². The maximum Gasteiger partial charge on any atom is 0.316 e. The maximum atomic E-state index is 12.0. The number of rotatable bonds is 6. The van der Waals surface area contributed by atoms with E-state index in [1.165, 1.54) is 31.4 Å². The Morgan fingerprint density at radius 1 is 1.15 bits per heavy atom. The molecule has 2 heterocycles. The topological polar surface area (TPSA) is 74.5 Å². The standard InChI is InChI=1S/C19H27N5O2/c1-23(2)14-11-20-18(25)19-21-17(22-26-19)15-7-9-16(10-8-15)24-12-5-3-4-6-13-24/h7-10H,3-6,11-14H2,1-2H3,(H,20,25). The van der Waals surface area contributed by atoms with Crippen molar-refractivity contribution in [3.8, 4) is 11.4 Å². The summed E-state index contributed by atoms with van der Waals surface area (Å²) in [5, 5.41) is 6.71. The molecule has 3 rings (SSSR count). The molecule has 1 saturated heterocycles. The summed E-state index contributed by atoms with van der Waals surface area (Å²) < 4.78 is 5.10. The third-order valence-electron chi connectivity index (χ3n) is 4.56. The number of likely N-dealkylation sites (N-methyl/N-ethyl adjacent to an activating group) is 1. The van der Waals surface area contributed by atoms with Gasteiger partial charge in [0, 0.05) is 37.4 Å². The van der Waals surface area contributed by atoms with Gasteiger partial charge in [-0.25, -0.2) is 0 Å². The maximum absolute atomic E-state index is 12.0. The van der Waals surface area contributed by atoms with E-state index < -0.39 is 0 Å². The van der Waals surface area contributed by atoms with Crippen LogP contribution in [0.25, 0.3) is 11.4 Å². The molecule has 1 aliphatic rings. The Morgan fingerprint density at radius 3 is 2.50 bits per heavy atom. The molecule has 0 spiro atoms. The van der Waals surface area contributed by atoms with Gasteiger partial charge in [0.1, 0.15) is 0 Å². The smallest absolute Gasteiger partial charge is 0.316 e. The van der Waals surface area contributed by atoms with Crippen LogP contribution in [0.2, 0.25) is 0 Å². The average Bonchev–Trinajstić information content (AvgIpc) is 2.97. The van der Waals surface area contributed by atoms with Gasteiger partial charge in [0.2, 0.25) is 5.82 Å². The normalized spacial score (nSPS) is 15.1.